The van der Waals surface area contributed by atoms with E-state index in [1.807, 2.05) is 13.8 Å². The molecule has 0 radical (unpaired) electrons. The van der Waals surface area contributed by atoms with E-state index in [0.717, 1.165) is 0 Å². The highest BCUT2D eigenvalue weighted by atomic mass is 35.5. The molecule has 19 heavy (non-hydrogen) atoms. The lowest BCUT2D eigenvalue weighted by molar-refractivity contribution is -0.286. The molecule has 0 aliphatic carbocycles. The van der Waals surface area contributed by atoms with Crippen LogP contribution in [0.3, 0.4) is 0 Å². The van der Waals surface area contributed by atoms with Crippen LogP contribution in [0.1, 0.15) is 25.5 Å². The van der Waals surface area contributed by atoms with Crippen LogP contribution < -0.4 is 15.2 Å². The summed E-state index contributed by atoms with van der Waals surface area (Å²) in [5.41, 5.74) is 6.39. The molecule has 0 saturated heterocycles. The van der Waals surface area contributed by atoms with Gasteiger partial charge in [-0.3, -0.25) is 0 Å². The summed E-state index contributed by atoms with van der Waals surface area (Å²) in [4.78, 5) is 0. The Morgan fingerprint density at radius 3 is 2.37 bits per heavy atom. The number of aliphatic hydroxyl groups excluding tert-OH is 1. The first-order valence-corrected chi connectivity index (χ1v) is 5.63. The zero-order valence-corrected chi connectivity index (χ0v) is 11.3. The average molecular weight is 296 g/mol. The van der Waals surface area contributed by atoms with Crippen molar-refractivity contribution in [2.24, 2.45) is 11.7 Å². The van der Waals surface area contributed by atoms with Crippen LogP contribution in [-0.4, -0.2) is 17.5 Å². The van der Waals surface area contributed by atoms with Gasteiger partial charge in [0.05, 0.1) is 12.1 Å². The Kier molecular flexibility index (Phi) is 4.60. The van der Waals surface area contributed by atoms with Crippen LogP contribution in [0.4, 0.5) is 8.78 Å². The van der Waals surface area contributed by atoms with E-state index in [9.17, 15) is 13.9 Å². The van der Waals surface area contributed by atoms with Crippen molar-refractivity contribution in [3.63, 3.8) is 0 Å². The fourth-order valence-corrected chi connectivity index (χ4v) is 1.78. The molecule has 1 aromatic carbocycles. The predicted octanol–water partition coefficient (Wildman–Crippen LogP) is 2.45. The molecule has 2 rings (SSSR count). The molecule has 0 spiro atoms. The number of hydrogen-bond donors (Lipinski definition) is 2. The first kappa shape index (κ1) is 15.9. The Morgan fingerprint density at radius 2 is 1.79 bits per heavy atom. The zero-order valence-electron chi connectivity index (χ0n) is 10.5. The summed E-state index contributed by atoms with van der Waals surface area (Å²) >= 11 is 0. The normalized spacial score (nSPS) is 18.9. The second kappa shape index (κ2) is 5.48. The first-order chi connectivity index (χ1) is 8.30. The largest absolute Gasteiger partial charge is 0.586 e. The lowest BCUT2D eigenvalue weighted by Gasteiger charge is -2.22. The molecule has 3 N–H and O–H groups in total. The third-order valence-electron chi connectivity index (χ3n) is 2.86. The van der Waals surface area contributed by atoms with Crippen LogP contribution in [0.2, 0.25) is 0 Å². The fourth-order valence-electron chi connectivity index (χ4n) is 1.78. The van der Waals surface area contributed by atoms with Gasteiger partial charge in [0.2, 0.25) is 0 Å². The van der Waals surface area contributed by atoms with Gasteiger partial charge in [0.1, 0.15) is 0 Å². The van der Waals surface area contributed by atoms with E-state index in [0.29, 0.717) is 5.56 Å². The molecule has 0 aromatic heterocycles. The van der Waals surface area contributed by atoms with E-state index in [1.165, 1.54) is 12.1 Å². The van der Waals surface area contributed by atoms with Crippen LogP contribution in [0.25, 0.3) is 0 Å². The van der Waals surface area contributed by atoms with Crippen molar-refractivity contribution < 1.29 is 23.4 Å². The Labute approximate surface area is 115 Å². The quantitative estimate of drug-likeness (QED) is 0.899. The van der Waals surface area contributed by atoms with Gasteiger partial charge in [-0.1, -0.05) is 19.9 Å². The summed E-state index contributed by atoms with van der Waals surface area (Å²) in [6, 6.07) is 3.61. The number of hydrogen-bond acceptors (Lipinski definition) is 4. The molecule has 108 valence electrons. The Balaban J connectivity index is 0.00000180. The number of halogens is 3. The van der Waals surface area contributed by atoms with E-state index in [4.69, 9.17) is 5.73 Å². The smallest absolute Gasteiger partial charge is 0.395 e. The average Bonchev–Trinajstić information content (AvgIpc) is 2.59. The summed E-state index contributed by atoms with van der Waals surface area (Å²) in [7, 11) is 0. The molecular weight excluding hydrogens is 280 g/mol. The highest BCUT2D eigenvalue weighted by Crippen LogP contribution is 2.42. The summed E-state index contributed by atoms with van der Waals surface area (Å²) < 4.78 is 34.3. The van der Waals surface area contributed by atoms with Crippen molar-refractivity contribution in [1.82, 2.24) is 0 Å². The van der Waals surface area contributed by atoms with Crippen molar-refractivity contribution in [3.8, 4) is 11.5 Å². The maximum Gasteiger partial charge on any atom is 0.586 e. The number of nitrogens with two attached hydrogens (primary N) is 1. The minimum absolute atomic E-state index is 0. The molecule has 7 heteroatoms. The van der Waals surface area contributed by atoms with Crippen molar-refractivity contribution in [1.29, 1.82) is 0 Å². The van der Waals surface area contributed by atoms with Gasteiger partial charge in [-0.05, 0) is 23.6 Å². The highest BCUT2D eigenvalue weighted by Gasteiger charge is 2.43. The van der Waals surface area contributed by atoms with E-state index in [1.54, 1.807) is 6.07 Å². The number of alkyl halides is 2. The molecule has 0 bridgehead atoms. The maximum absolute atomic E-state index is 12.8. The molecule has 2 atom stereocenters. The van der Waals surface area contributed by atoms with E-state index in [-0.39, 0.29) is 29.8 Å². The number of rotatable bonds is 3. The van der Waals surface area contributed by atoms with Crippen molar-refractivity contribution >= 4 is 12.4 Å². The van der Waals surface area contributed by atoms with E-state index < -0.39 is 18.4 Å². The number of ether oxygens (including phenoxy) is 2. The Hall–Kier alpha value is -1.11. The molecule has 0 unspecified atom stereocenters. The minimum Gasteiger partial charge on any atom is -0.395 e. The van der Waals surface area contributed by atoms with Crippen molar-refractivity contribution in [2.75, 3.05) is 0 Å². The summed E-state index contributed by atoms with van der Waals surface area (Å²) in [6.07, 6.45) is -4.40. The minimum atomic E-state index is -3.64. The Bertz CT molecular complexity index is 457. The third-order valence-corrected chi connectivity index (χ3v) is 2.86. The van der Waals surface area contributed by atoms with Gasteiger partial charge in [0, 0.05) is 0 Å². The topological polar surface area (TPSA) is 64.7 Å². The maximum atomic E-state index is 12.8. The SMILES string of the molecule is CC(C)[C@H](O)[C@H](N)c1ccc2c(c1)OC(F)(F)O2.Cl. The second-order valence-corrected chi connectivity index (χ2v) is 4.63. The highest BCUT2D eigenvalue weighted by molar-refractivity contribution is 5.85. The molecule has 1 heterocycles. The standard InChI is InChI=1S/C12H15F2NO3.ClH/c1-6(2)11(16)10(15)7-3-4-8-9(5-7)18-12(13,14)17-8;/h3-6,10-11,16H,15H2,1-2H3;1H/t10-,11+;/m1./s1. The number of benzene rings is 1. The van der Waals surface area contributed by atoms with Crippen LogP contribution >= 0.6 is 12.4 Å². The molecular formula is C12H16ClF2NO3. The molecule has 0 amide bonds. The number of fused-ring (bicyclic) bond motifs is 1. The molecule has 0 saturated carbocycles. The van der Waals surface area contributed by atoms with E-state index in [2.05, 4.69) is 9.47 Å². The van der Waals surface area contributed by atoms with Gasteiger partial charge in [0.25, 0.3) is 0 Å². The van der Waals surface area contributed by atoms with Crippen LogP contribution in [0, 0.1) is 5.92 Å². The van der Waals surface area contributed by atoms with Crippen LogP contribution in [0.15, 0.2) is 18.2 Å². The fraction of sp³-hybridized carbons (Fsp3) is 0.500. The lowest BCUT2D eigenvalue weighted by Crippen LogP contribution is -2.30. The molecule has 1 aromatic rings. The predicted molar refractivity (Wildman–Crippen MR) is 67.7 cm³/mol. The van der Waals surface area contributed by atoms with Gasteiger partial charge >= 0.3 is 6.29 Å². The van der Waals surface area contributed by atoms with Gasteiger partial charge in [-0.15, -0.1) is 21.2 Å². The van der Waals surface area contributed by atoms with Gasteiger partial charge < -0.3 is 20.3 Å². The second-order valence-electron chi connectivity index (χ2n) is 4.63. The Morgan fingerprint density at radius 1 is 1.21 bits per heavy atom. The molecule has 0 fully saturated rings. The van der Waals surface area contributed by atoms with Crippen molar-refractivity contribution in [3.05, 3.63) is 23.8 Å². The third kappa shape index (κ3) is 3.26. The summed E-state index contributed by atoms with van der Waals surface area (Å²) in [6.45, 7) is 3.65. The van der Waals surface area contributed by atoms with Gasteiger partial charge in [0.15, 0.2) is 11.5 Å². The van der Waals surface area contributed by atoms with Crippen LogP contribution in [0.5, 0.6) is 11.5 Å². The first-order valence-electron chi connectivity index (χ1n) is 5.63. The van der Waals surface area contributed by atoms with Gasteiger partial charge in [-0.25, -0.2) is 0 Å². The zero-order chi connectivity index (χ0) is 13.5. The monoisotopic (exact) mass is 295 g/mol. The van der Waals surface area contributed by atoms with Crippen molar-refractivity contribution in [2.45, 2.75) is 32.3 Å². The van der Waals surface area contributed by atoms with Crippen LogP contribution in [-0.2, 0) is 0 Å². The van der Waals surface area contributed by atoms with E-state index >= 15 is 0 Å². The lowest BCUT2D eigenvalue weighted by atomic mass is 9.94. The molecule has 1 aliphatic rings. The molecule has 1 aliphatic heterocycles. The van der Waals surface area contributed by atoms with Gasteiger partial charge in [-0.2, -0.15) is 0 Å². The summed E-state index contributed by atoms with van der Waals surface area (Å²) in [5.74, 6) is -0.134. The summed E-state index contributed by atoms with van der Waals surface area (Å²) in [5, 5.41) is 9.85. The molecule has 4 nitrogen and oxygen atoms in total. The number of aliphatic hydroxyl groups is 1.